The van der Waals surface area contributed by atoms with Crippen LogP contribution in [0.15, 0.2) is 18.2 Å². The SMILES string of the molecule is Cc1cccc(C)c1OCC(=O)OCCNC(=O)OC(C)(C)C. The van der Waals surface area contributed by atoms with E-state index in [2.05, 4.69) is 5.32 Å². The van der Waals surface area contributed by atoms with Crippen molar-refractivity contribution in [2.45, 2.75) is 40.2 Å². The van der Waals surface area contributed by atoms with Gasteiger partial charge in [0.25, 0.3) is 0 Å². The maximum absolute atomic E-state index is 11.6. The largest absolute Gasteiger partial charge is 0.481 e. The number of hydrogen-bond acceptors (Lipinski definition) is 5. The van der Waals surface area contributed by atoms with Crippen molar-refractivity contribution >= 4 is 12.1 Å². The summed E-state index contributed by atoms with van der Waals surface area (Å²) in [5, 5.41) is 2.51. The fourth-order valence-electron chi connectivity index (χ4n) is 1.83. The summed E-state index contributed by atoms with van der Waals surface area (Å²) in [6, 6.07) is 5.76. The lowest BCUT2D eigenvalue weighted by Crippen LogP contribution is -2.34. The average Bonchev–Trinajstić information content (AvgIpc) is 2.41. The Kier molecular flexibility index (Phi) is 6.88. The van der Waals surface area contributed by atoms with Crippen molar-refractivity contribution < 1.29 is 23.8 Å². The highest BCUT2D eigenvalue weighted by atomic mass is 16.6. The highest BCUT2D eigenvalue weighted by Crippen LogP contribution is 2.22. The number of hydrogen-bond donors (Lipinski definition) is 1. The van der Waals surface area contributed by atoms with Crippen molar-refractivity contribution in [2.75, 3.05) is 19.8 Å². The molecule has 0 fully saturated rings. The number of carbonyl (C=O) groups is 2. The predicted molar refractivity (Wildman–Crippen MR) is 86.6 cm³/mol. The third-order valence-electron chi connectivity index (χ3n) is 2.78. The van der Waals surface area contributed by atoms with Gasteiger partial charge in [0, 0.05) is 0 Å². The molecule has 0 unspecified atom stereocenters. The lowest BCUT2D eigenvalue weighted by atomic mass is 10.1. The van der Waals surface area contributed by atoms with Gasteiger partial charge in [0.1, 0.15) is 18.0 Å². The molecule has 0 spiro atoms. The zero-order valence-corrected chi connectivity index (χ0v) is 14.4. The number of para-hydroxylation sites is 1. The summed E-state index contributed by atoms with van der Waals surface area (Å²) in [4.78, 5) is 23.0. The first-order valence-corrected chi connectivity index (χ1v) is 7.50. The van der Waals surface area contributed by atoms with E-state index >= 15 is 0 Å². The van der Waals surface area contributed by atoms with Crippen molar-refractivity contribution in [2.24, 2.45) is 0 Å². The quantitative estimate of drug-likeness (QED) is 0.643. The van der Waals surface area contributed by atoms with Crippen molar-refractivity contribution in [1.29, 1.82) is 0 Å². The van der Waals surface area contributed by atoms with Crippen LogP contribution in [0.5, 0.6) is 5.75 Å². The molecule has 0 aliphatic heterocycles. The number of nitrogens with one attached hydrogen (secondary N) is 1. The molecule has 0 saturated carbocycles. The first-order valence-electron chi connectivity index (χ1n) is 7.50. The van der Waals surface area contributed by atoms with Gasteiger partial charge in [-0.3, -0.25) is 0 Å². The van der Waals surface area contributed by atoms with E-state index in [1.165, 1.54) is 0 Å². The molecule has 1 aromatic rings. The number of amides is 1. The highest BCUT2D eigenvalue weighted by molar-refractivity contribution is 5.71. The van der Waals surface area contributed by atoms with Gasteiger partial charge in [0.2, 0.25) is 0 Å². The molecular weight excluding hydrogens is 298 g/mol. The molecule has 0 heterocycles. The van der Waals surface area contributed by atoms with Crippen molar-refractivity contribution in [3.05, 3.63) is 29.3 Å². The zero-order chi connectivity index (χ0) is 17.5. The Morgan fingerprint density at radius 1 is 1.13 bits per heavy atom. The maximum atomic E-state index is 11.6. The second-order valence-electron chi connectivity index (χ2n) is 6.16. The summed E-state index contributed by atoms with van der Waals surface area (Å²) in [5.41, 5.74) is 1.37. The van der Waals surface area contributed by atoms with E-state index in [4.69, 9.17) is 14.2 Å². The number of alkyl carbamates (subject to hydrolysis) is 1. The topological polar surface area (TPSA) is 73.9 Å². The Bertz CT molecular complexity index is 528. The number of esters is 1. The second kappa shape index (κ2) is 8.41. The van der Waals surface area contributed by atoms with Gasteiger partial charge in [-0.1, -0.05) is 18.2 Å². The molecule has 1 aromatic carbocycles. The molecular formula is C17H25NO5. The summed E-state index contributed by atoms with van der Waals surface area (Å²) in [6.07, 6.45) is -0.541. The molecule has 6 nitrogen and oxygen atoms in total. The van der Waals surface area contributed by atoms with Crippen LogP contribution >= 0.6 is 0 Å². The number of carbonyl (C=O) groups excluding carboxylic acids is 2. The number of benzene rings is 1. The van der Waals surface area contributed by atoms with Crippen LogP contribution in [-0.2, 0) is 14.3 Å². The van der Waals surface area contributed by atoms with Crippen LogP contribution in [-0.4, -0.2) is 37.4 Å². The normalized spacial score (nSPS) is 10.8. The van der Waals surface area contributed by atoms with E-state index in [9.17, 15) is 9.59 Å². The Balaban J connectivity index is 2.24. The Morgan fingerprint density at radius 3 is 2.30 bits per heavy atom. The smallest absolute Gasteiger partial charge is 0.407 e. The standard InChI is InChI=1S/C17H25NO5/c1-12-7-6-8-13(2)15(12)22-11-14(19)21-10-9-18-16(20)23-17(3,4)5/h6-8H,9-11H2,1-5H3,(H,18,20). The van der Waals surface area contributed by atoms with E-state index in [-0.39, 0.29) is 19.8 Å². The molecule has 1 rings (SSSR count). The summed E-state index contributed by atoms with van der Waals surface area (Å²) in [6.45, 7) is 9.24. The average molecular weight is 323 g/mol. The van der Waals surface area contributed by atoms with Crippen LogP contribution in [0.1, 0.15) is 31.9 Å². The molecule has 0 aromatic heterocycles. The van der Waals surface area contributed by atoms with Gasteiger partial charge in [0.05, 0.1) is 6.54 Å². The predicted octanol–water partition coefficient (Wildman–Crippen LogP) is 2.75. The summed E-state index contributed by atoms with van der Waals surface area (Å²) in [5.74, 6) is 0.204. The third-order valence-corrected chi connectivity index (χ3v) is 2.78. The van der Waals surface area contributed by atoms with Gasteiger partial charge < -0.3 is 19.5 Å². The van der Waals surface area contributed by atoms with E-state index in [1.54, 1.807) is 20.8 Å². The fourth-order valence-corrected chi connectivity index (χ4v) is 1.83. The van der Waals surface area contributed by atoms with Crippen LogP contribution in [0, 0.1) is 13.8 Å². The van der Waals surface area contributed by atoms with Crippen molar-refractivity contribution in [3.63, 3.8) is 0 Å². The summed E-state index contributed by atoms with van der Waals surface area (Å²) in [7, 11) is 0. The van der Waals surface area contributed by atoms with Crippen LogP contribution in [0.25, 0.3) is 0 Å². The molecule has 0 radical (unpaired) electrons. The molecule has 0 aliphatic carbocycles. The molecule has 0 saturated heterocycles. The van der Waals surface area contributed by atoms with Crippen molar-refractivity contribution in [1.82, 2.24) is 5.32 Å². The zero-order valence-electron chi connectivity index (χ0n) is 14.4. The molecule has 1 amide bonds. The number of ether oxygens (including phenoxy) is 3. The molecule has 0 bridgehead atoms. The lowest BCUT2D eigenvalue weighted by molar-refractivity contribution is -0.145. The van der Waals surface area contributed by atoms with Gasteiger partial charge in [0.15, 0.2) is 6.61 Å². The highest BCUT2D eigenvalue weighted by Gasteiger charge is 2.15. The Hall–Kier alpha value is -2.24. The minimum Gasteiger partial charge on any atom is -0.481 e. The third kappa shape index (κ3) is 7.54. The van der Waals surface area contributed by atoms with Gasteiger partial charge in [-0.2, -0.15) is 0 Å². The molecule has 1 N–H and O–H groups in total. The van der Waals surface area contributed by atoms with Gasteiger partial charge in [-0.25, -0.2) is 9.59 Å². The van der Waals surface area contributed by atoms with Crippen molar-refractivity contribution in [3.8, 4) is 5.75 Å². The van der Waals surface area contributed by atoms with Crippen LogP contribution in [0.2, 0.25) is 0 Å². The Morgan fingerprint density at radius 2 is 1.74 bits per heavy atom. The van der Waals surface area contributed by atoms with Crippen LogP contribution in [0.4, 0.5) is 4.79 Å². The number of aryl methyl sites for hydroxylation is 2. The summed E-state index contributed by atoms with van der Waals surface area (Å²) < 4.78 is 15.5. The minimum atomic E-state index is -0.556. The minimum absolute atomic E-state index is 0.0637. The maximum Gasteiger partial charge on any atom is 0.407 e. The van der Waals surface area contributed by atoms with E-state index in [0.29, 0.717) is 5.75 Å². The molecule has 0 atom stereocenters. The van der Waals surface area contributed by atoms with Gasteiger partial charge >= 0.3 is 12.1 Å². The van der Waals surface area contributed by atoms with E-state index < -0.39 is 17.7 Å². The fraction of sp³-hybridized carbons (Fsp3) is 0.529. The second-order valence-corrected chi connectivity index (χ2v) is 6.16. The molecule has 6 heteroatoms. The Labute approximate surface area is 137 Å². The first-order chi connectivity index (χ1) is 10.7. The van der Waals surface area contributed by atoms with Gasteiger partial charge in [-0.05, 0) is 45.7 Å². The molecule has 128 valence electrons. The van der Waals surface area contributed by atoms with E-state index in [0.717, 1.165) is 11.1 Å². The van der Waals surface area contributed by atoms with E-state index in [1.807, 2.05) is 32.0 Å². The monoisotopic (exact) mass is 323 g/mol. The number of rotatable bonds is 6. The molecule has 0 aliphatic rings. The molecule has 23 heavy (non-hydrogen) atoms. The van der Waals surface area contributed by atoms with Gasteiger partial charge in [-0.15, -0.1) is 0 Å². The summed E-state index contributed by atoms with van der Waals surface area (Å²) >= 11 is 0. The van der Waals surface area contributed by atoms with Crippen LogP contribution in [0.3, 0.4) is 0 Å². The van der Waals surface area contributed by atoms with Crippen LogP contribution < -0.4 is 10.1 Å². The first kappa shape index (κ1) is 18.8. The lowest BCUT2D eigenvalue weighted by Gasteiger charge is -2.19.